The number of amides is 4. The highest BCUT2D eigenvalue weighted by Crippen LogP contribution is 2.27. The fourth-order valence-electron chi connectivity index (χ4n) is 1.97. The third kappa shape index (κ3) is 2.89. The predicted octanol–water partition coefficient (Wildman–Crippen LogP) is 1.73. The second-order valence-electron chi connectivity index (χ2n) is 6.32. The van der Waals surface area contributed by atoms with Gasteiger partial charge in [0.05, 0.1) is 0 Å². The van der Waals surface area contributed by atoms with Crippen LogP contribution in [0.3, 0.4) is 0 Å². The monoisotopic (exact) mass is 289 g/mol. The SMILES string of the molecule is CC(C)(C)C(=O)Nc1cccc([C@]2(C)NC(=O)NC2=O)c1. The number of nitrogens with one attached hydrogen (secondary N) is 3. The molecule has 0 spiro atoms. The van der Waals surface area contributed by atoms with Gasteiger partial charge in [0.1, 0.15) is 5.54 Å². The zero-order valence-corrected chi connectivity index (χ0v) is 12.5. The Bertz CT molecular complexity index is 619. The van der Waals surface area contributed by atoms with E-state index in [-0.39, 0.29) is 5.91 Å². The van der Waals surface area contributed by atoms with Crippen molar-refractivity contribution in [1.82, 2.24) is 10.6 Å². The van der Waals surface area contributed by atoms with Crippen LogP contribution in [-0.2, 0) is 15.1 Å². The number of anilines is 1. The van der Waals surface area contributed by atoms with Crippen molar-refractivity contribution < 1.29 is 14.4 Å². The molecule has 0 unspecified atom stereocenters. The topological polar surface area (TPSA) is 87.3 Å². The number of rotatable bonds is 2. The molecule has 6 nitrogen and oxygen atoms in total. The third-order valence-corrected chi connectivity index (χ3v) is 3.42. The lowest BCUT2D eigenvalue weighted by molar-refractivity contribution is -0.124. The van der Waals surface area contributed by atoms with Crippen LogP contribution in [0.1, 0.15) is 33.3 Å². The number of hydrogen-bond donors (Lipinski definition) is 3. The molecule has 1 aromatic carbocycles. The Labute approximate surface area is 123 Å². The molecule has 0 aliphatic carbocycles. The van der Waals surface area contributed by atoms with E-state index in [2.05, 4.69) is 16.0 Å². The molecule has 1 fully saturated rings. The summed E-state index contributed by atoms with van der Waals surface area (Å²) in [6.45, 7) is 7.08. The highest BCUT2D eigenvalue weighted by molar-refractivity contribution is 6.07. The number of carbonyl (C=O) groups is 3. The second-order valence-corrected chi connectivity index (χ2v) is 6.32. The van der Waals surface area contributed by atoms with Gasteiger partial charge in [0, 0.05) is 11.1 Å². The van der Waals surface area contributed by atoms with Crippen LogP contribution in [0.25, 0.3) is 0 Å². The molecule has 0 bridgehead atoms. The molecule has 3 N–H and O–H groups in total. The molecule has 1 saturated heterocycles. The first-order valence-corrected chi connectivity index (χ1v) is 6.68. The highest BCUT2D eigenvalue weighted by Gasteiger charge is 2.43. The molecule has 0 saturated carbocycles. The van der Waals surface area contributed by atoms with Crippen LogP contribution in [0.15, 0.2) is 24.3 Å². The minimum Gasteiger partial charge on any atom is -0.326 e. The minimum absolute atomic E-state index is 0.121. The van der Waals surface area contributed by atoms with Crippen molar-refractivity contribution in [3.8, 4) is 0 Å². The number of urea groups is 1. The minimum atomic E-state index is -1.13. The van der Waals surface area contributed by atoms with Gasteiger partial charge in [-0.3, -0.25) is 14.9 Å². The van der Waals surface area contributed by atoms with Crippen molar-refractivity contribution in [3.05, 3.63) is 29.8 Å². The fraction of sp³-hybridized carbons (Fsp3) is 0.400. The molecular formula is C15H19N3O3. The Morgan fingerprint density at radius 1 is 1.24 bits per heavy atom. The summed E-state index contributed by atoms with van der Waals surface area (Å²) < 4.78 is 0. The molecule has 0 aromatic heterocycles. The van der Waals surface area contributed by atoms with Gasteiger partial charge in [0.15, 0.2) is 0 Å². The van der Waals surface area contributed by atoms with E-state index in [0.29, 0.717) is 11.3 Å². The van der Waals surface area contributed by atoms with E-state index in [4.69, 9.17) is 0 Å². The maximum absolute atomic E-state index is 12.0. The standard InChI is InChI=1S/C15H19N3O3/c1-14(2,3)11(19)16-10-7-5-6-9(8-10)15(4)12(20)17-13(21)18-15/h5-8H,1-4H3,(H,16,19)(H2,17,18,20,21)/t15-/m0/s1. The molecule has 1 aromatic rings. The predicted molar refractivity (Wildman–Crippen MR) is 78.6 cm³/mol. The summed E-state index contributed by atoms with van der Waals surface area (Å²) in [4.78, 5) is 35.2. The smallest absolute Gasteiger partial charge is 0.322 e. The average molecular weight is 289 g/mol. The van der Waals surface area contributed by atoms with Gasteiger partial charge in [-0.25, -0.2) is 4.79 Å². The van der Waals surface area contributed by atoms with Gasteiger partial charge in [-0.05, 0) is 24.6 Å². The van der Waals surface area contributed by atoms with E-state index >= 15 is 0 Å². The van der Waals surface area contributed by atoms with Gasteiger partial charge in [-0.2, -0.15) is 0 Å². The fourth-order valence-corrected chi connectivity index (χ4v) is 1.97. The molecule has 1 atom stereocenters. The lowest BCUT2D eigenvalue weighted by Gasteiger charge is -2.23. The van der Waals surface area contributed by atoms with E-state index in [9.17, 15) is 14.4 Å². The molecule has 6 heteroatoms. The Kier molecular flexibility index (Phi) is 3.49. The lowest BCUT2D eigenvalue weighted by Crippen LogP contribution is -2.40. The summed E-state index contributed by atoms with van der Waals surface area (Å²) in [5.41, 5.74) is -0.446. The van der Waals surface area contributed by atoms with Crippen molar-refractivity contribution in [2.45, 2.75) is 33.2 Å². The van der Waals surface area contributed by atoms with E-state index < -0.39 is 22.9 Å². The van der Waals surface area contributed by atoms with Crippen molar-refractivity contribution in [3.63, 3.8) is 0 Å². The van der Waals surface area contributed by atoms with Crippen molar-refractivity contribution in [2.24, 2.45) is 5.41 Å². The normalized spacial score (nSPS) is 21.7. The van der Waals surface area contributed by atoms with E-state index in [0.717, 1.165) is 0 Å². The summed E-state index contributed by atoms with van der Waals surface area (Å²) in [5, 5.41) is 7.61. The summed E-state index contributed by atoms with van der Waals surface area (Å²) in [6, 6.07) is 6.38. The van der Waals surface area contributed by atoms with Crippen LogP contribution in [0.2, 0.25) is 0 Å². The molecule has 2 rings (SSSR count). The van der Waals surface area contributed by atoms with Gasteiger partial charge in [-0.15, -0.1) is 0 Å². The van der Waals surface area contributed by atoms with Gasteiger partial charge in [-0.1, -0.05) is 32.9 Å². The Balaban J connectivity index is 2.29. The number of imide groups is 1. The summed E-state index contributed by atoms with van der Waals surface area (Å²) >= 11 is 0. The van der Waals surface area contributed by atoms with Crippen molar-refractivity contribution in [1.29, 1.82) is 0 Å². The quantitative estimate of drug-likeness (QED) is 0.724. The summed E-state index contributed by atoms with van der Waals surface area (Å²) in [5.74, 6) is -0.531. The van der Waals surface area contributed by atoms with Crippen LogP contribution in [-0.4, -0.2) is 17.8 Å². The highest BCUT2D eigenvalue weighted by atomic mass is 16.2. The van der Waals surface area contributed by atoms with Crippen LogP contribution in [0.5, 0.6) is 0 Å². The van der Waals surface area contributed by atoms with Gasteiger partial charge in [0.2, 0.25) is 5.91 Å². The van der Waals surface area contributed by atoms with Crippen molar-refractivity contribution >= 4 is 23.5 Å². The Morgan fingerprint density at radius 2 is 1.90 bits per heavy atom. The van der Waals surface area contributed by atoms with E-state index in [1.807, 2.05) is 20.8 Å². The summed E-state index contributed by atoms with van der Waals surface area (Å²) in [7, 11) is 0. The van der Waals surface area contributed by atoms with Crippen molar-refractivity contribution in [2.75, 3.05) is 5.32 Å². The van der Waals surface area contributed by atoms with Crippen LogP contribution < -0.4 is 16.0 Å². The zero-order chi connectivity index (χ0) is 15.8. The van der Waals surface area contributed by atoms with E-state index in [1.165, 1.54) is 0 Å². The number of hydrogen-bond acceptors (Lipinski definition) is 3. The molecule has 0 radical (unpaired) electrons. The first-order chi connectivity index (χ1) is 9.63. The zero-order valence-electron chi connectivity index (χ0n) is 12.5. The molecule has 21 heavy (non-hydrogen) atoms. The van der Waals surface area contributed by atoms with Gasteiger partial charge in [0.25, 0.3) is 5.91 Å². The van der Waals surface area contributed by atoms with Gasteiger partial charge >= 0.3 is 6.03 Å². The van der Waals surface area contributed by atoms with Crippen LogP contribution in [0, 0.1) is 5.41 Å². The lowest BCUT2D eigenvalue weighted by atomic mass is 9.91. The maximum Gasteiger partial charge on any atom is 0.322 e. The Hall–Kier alpha value is -2.37. The number of carbonyl (C=O) groups excluding carboxylic acids is 3. The third-order valence-electron chi connectivity index (χ3n) is 3.42. The van der Waals surface area contributed by atoms with Crippen LogP contribution in [0.4, 0.5) is 10.5 Å². The Morgan fingerprint density at radius 3 is 2.43 bits per heavy atom. The summed E-state index contributed by atoms with van der Waals surface area (Å²) in [6.07, 6.45) is 0. The molecule has 4 amide bonds. The molecule has 1 aliphatic rings. The first-order valence-electron chi connectivity index (χ1n) is 6.68. The largest absolute Gasteiger partial charge is 0.326 e. The average Bonchev–Trinajstić information content (AvgIpc) is 2.63. The second kappa shape index (κ2) is 4.87. The maximum atomic E-state index is 12.0. The first kappa shape index (κ1) is 15.0. The van der Waals surface area contributed by atoms with E-state index in [1.54, 1.807) is 31.2 Å². The molecule has 1 heterocycles. The van der Waals surface area contributed by atoms with Crippen LogP contribution >= 0.6 is 0 Å². The molecular weight excluding hydrogens is 270 g/mol. The number of benzene rings is 1. The molecule has 1 aliphatic heterocycles. The molecule has 112 valence electrons. The van der Waals surface area contributed by atoms with Gasteiger partial charge < -0.3 is 10.6 Å².